The van der Waals surface area contributed by atoms with E-state index in [1.165, 1.54) is 6.07 Å². The van der Waals surface area contributed by atoms with Crippen molar-refractivity contribution in [2.75, 3.05) is 0 Å². The number of pyridine rings is 1. The van der Waals surface area contributed by atoms with Crippen molar-refractivity contribution in [3.63, 3.8) is 0 Å². The first-order valence-corrected chi connectivity index (χ1v) is 10.5. The van der Waals surface area contributed by atoms with Crippen LogP contribution in [0.4, 0.5) is 8.78 Å². The number of benzene rings is 1. The van der Waals surface area contributed by atoms with Gasteiger partial charge in [-0.25, -0.2) is 28.4 Å². The molecule has 1 atom stereocenters. The summed E-state index contributed by atoms with van der Waals surface area (Å²) in [6, 6.07) is 6.33. The molecular weight excluding hydrogens is 410 g/mol. The number of aryl methyl sites for hydroxylation is 3. The van der Waals surface area contributed by atoms with Gasteiger partial charge in [-0.15, -0.1) is 0 Å². The predicted molar refractivity (Wildman–Crippen MR) is 117 cm³/mol. The van der Waals surface area contributed by atoms with Gasteiger partial charge in [-0.05, 0) is 62.1 Å². The molecule has 0 amide bonds. The average molecular weight is 432 g/mol. The minimum atomic E-state index is -0.837. The van der Waals surface area contributed by atoms with E-state index in [0.29, 0.717) is 30.2 Å². The number of hydrogen-bond donors (Lipinski definition) is 0. The molecular formula is C24H22F2N6. The zero-order valence-corrected chi connectivity index (χ0v) is 17.8. The van der Waals surface area contributed by atoms with Gasteiger partial charge in [0.05, 0.1) is 5.69 Å². The molecule has 0 spiro atoms. The van der Waals surface area contributed by atoms with Crippen LogP contribution in [0.1, 0.15) is 52.8 Å². The van der Waals surface area contributed by atoms with Gasteiger partial charge in [0, 0.05) is 30.4 Å². The van der Waals surface area contributed by atoms with Crippen molar-refractivity contribution < 1.29 is 8.78 Å². The van der Waals surface area contributed by atoms with E-state index in [-0.39, 0.29) is 5.92 Å². The first-order chi connectivity index (χ1) is 15.5. The highest BCUT2D eigenvalue weighted by Gasteiger charge is 2.28. The Morgan fingerprint density at radius 2 is 2.00 bits per heavy atom. The lowest BCUT2D eigenvalue weighted by atomic mass is 9.91. The van der Waals surface area contributed by atoms with Crippen molar-refractivity contribution in [3.05, 3.63) is 88.7 Å². The van der Waals surface area contributed by atoms with Crippen LogP contribution in [-0.2, 0) is 6.54 Å². The van der Waals surface area contributed by atoms with Crippen LogP contribution in [0.5, 0.6) is 0 Å². The summed E-state index contributed by atoms with van der Waals surface area (Å²) in [7, 11) is 0. The Bertz CT molecular complexity index is 1320. The molecule has 3 aromatic heterocycles. The number of rotatable bonds is 4. The van der Waals surface area contributed by atoms with E-state index < -0.39 is 11.6 Å². The second-order valence-corrected chi connectivity index (χ2v) is 8.05. The summed E-state index contributed by atoms with van der Waals surface area (Å²) >= 11 is 0. The van der Waals surface area contributed by atoms with Crippen molar-refractivity contribution in [1.29, 1.82) is 0 Å². The first kappa shape index (κ1) is 20.2. The molecule has 4 heterocycles. The van der Waals surface area contributed by atoms with Gasteiger partial charge in [0.25, 0.3) is 0 Å². The van der Waals surface area contributed by atoms with Gasteiger partial charge in [-0.2, -0.15) is 5.10 Å². The van der Waals surface area contributed by atoms with Crippen molar-refractivity contribution in [3.8, 4) is 5.82 Å². The van der Waals surface area contributed by atoms with Gasteiger partial charge in [0.2, 0.25) is 0 Å². The Hall–Kier alpha value is -3.68. The molecule has 0 saturated heterocycles. The smallest absolute Gasteiger partial charge is 0.174 e. The van der Waals surface area contributed by atoms with Crippen LogP contribution in [0.2, 0.25) is 0 Å². The Balaban J connectivity index is 1.41. The first-order valence-electron chi connectivity index (χ1n) is 10.5. The van der Waals surface area contributed by atoms with Gasteiger partial charge >= 0.3 is 0 Å². The molecule has 0 saturated carbocycles. The molecule has 0 unspecified atom stereocenters. The van der Waals surface area contributed by atoms with Crippen LogP contribution in [-0.4, -0.2) is 29.3 Å². The van der Waals surface area contributed by atoms with E-state index in [4.69, 9.17) is 0 Å². The molecule has 0 aliphatic carbocycles. The van der Waals surface area contributed by atoms with Crippen LogP contribution >= 0.6 is 0 Å². The van der Waals surface area contributed by atoms with Gasteiger partial charge in [-0.1, -0.05) is 12.1 Å². The van der Waals surface area contributed by atoms with E-state index in [1.807, 2.05) is 42.8 Å². The summed E-state index contributed by atoms with van der Waals surface area (Å²) in [4.78, 5) is 13.4. The van der Waals surface area contributed by atoms with Crippen LogP contribution < -0.4 is 0 Å². The number of fused-ring (bicyclic) bond motifs is 1. The number of hydrogen-bond acceptors (Lipinski definition) is 4. The summed E-state index contributed by atoms with van der Waals surface area (Å²) in [6.07, 6.45) is 10.7. The van der Waals surface area contributed by atoms with Gasteiger partial charge in [0.15, 0.2) is 17.5 Å². The molecule has 32 heavy (non-hydrogen) atoms. The fourth-order valence-corrected chi connectivity index (χ4v) is 4.18. The molecule has 4 aromatic rings. The fourth-order valence-electron chi connectivity index (χ4n) is 4.18. The lowest BCUT2D eigenvalue weighted by molar-refractivity contribution is 0.426. The molecule has 6 nitrogen and oxygen atoms in total. The largest absolute Gasteiger partial charge is 0.290 e. The van der Waals surface area contributed by atoms with Crippen LogP contribution in [0, 0.1) is 25.5 Å². The summed E-state index contributed by atoms with van der Waals surface area (Å²) in [6.45, 7) is 4.65. The number of imidazole rings is 1. The highest BCUT2D eigenvalue weighted by atomic mass is 19.2. The average Bonchev–Trinajstić information content (AvgIpc) is 3.40. The Morgan fingerprint density at radius 1 is 1.12 bits per heavy atom. The zero-order valence-electron chi connectivity index (χ0n) is 17.8. The van der Waals surface area contributed by atoms with Crippen molar-refractivity contribution in [2.24, 2.45) is 0 Å². The third kappa shape index (κ3) is 3.72. The maximum atomic E-state index is 14.4. The lowest BCUT2D eigenvalue weighted by Crippen LogP contribution is -2.19. The van der Waals surface area contributed by atoms with Crippen molar-refractivity contribution >= 4 is 12.2 Å². The van der Waals surface area contributed by atoms with Crippen molar-refractivity contribution in [2.45, 2.75) is 39.2 Å². The minimum Gasteiger partial charge on any atom is -0.290 e. The highest BCUT2D eigenvalue weighted by Crippen LogP contribution is 2.34. The van der Waals surface area contributed by atoms with Crippen LogP contribution in [0.25, 0.3) is 18.0 Å². The quantitative estimate of drug-likeness (QED) is 0.463. The molecule has 0 radical (unpaired) electrons. The predicted octanol–water partition coefficient (Wildman–Crippen LogP) is 4.85. The Morgan fingerprint density at radius 3 is 2.78 bits per heavy atom. The SMILES string of the molecule is Cc1cn(-c2ncc(/C=C/c3nc4n(n3)CCC[C@@H]4c3cccc(F)c3F)cc2C)cn1. The van der Waals surface area contributed by atoms with E-state index in [9.17, 15) is 8.78 Å². The second kappa shape index (κ2) is 8.11. The topological polar surface area (TPSA) is 61.4 Å². The van der Waals surface area contributed by atoms with E-state index in [1.54, 1.807) is 23.3 Å². The number of aromatic nitrogens is 6. The molecule has 1 aromatic carbocycles. The molecule has 0 bridgehead atoms. The summed E-state index contributed by atoms with van der Waals surface area (Å²) < 4.78 is 31.8. The van der Waals surface area contributed by atoms with E-state index in [2.05, 4.69) is 20.1 Å². The molecule has 8 heteroatoms. The minimum absolute atomic E-state index is 0.309. The van der Waals surface area contributed by atoms with Crippen LogP contribution in [0.15, 0.2) is 43.0 Å². The van der Waals surface area contributed by atoms with E-state index in [0.717, 1.165) is 35.1 Å². The van der Waals surface area contributed by atoms with Crippen molar-refractivity contribution in [1.82, 2.24) is 29.3 Å². The molecule has 162 valence electrons. The normalized spacial score (nSPS) is 15.9. The third-order valence-electron chi connectivity index (χ3n) is 5.70. The maximum absolute atomic E-state index is 14.4. The summed E-state index contributed by atoms with van der Waals surface area (Å²) in [5.41, 5.74) is 3.20. The van der Waals surface area contributed by atoms with Gasteiger partial charge < -0.3 is 0 Å². The summed E-state index contributed by atoms with van der Waals surface area (Å²) in [5, 5.41) is 4.55. The monoisotopic (exact) mass is 432 g/mol. The maximum Gasteiger partial charge on any atom is 0.174 e. The zero-order chi connectivity index (χ0) is 22.2. The lowest BCUT2D eigenvalue weighted by Gasteiger charge is -2.22. The fraction of sp³-hybridized carbons (Fsp3) is 0.250. The van der Waals surface area contributed by atoms with Gasteiger partial charge in [-0.3, -0.25) is 4.57 Å². The van der Waals surface area contributed by atoms with E-state index >= 15 is 0 Å². The number of nitrogens with zero attached hydrogens (tertiary/aromatic N) is 6. The highest BCUT2D eigenvalue weighted by molar-refractivity contribution is 5.67. The molecule has 1 aliphatic rings. The Labute approximate surface area is 184 Å². The summed E-state index contributed by atoms with van der Waals surface area (Å²) in [5.74, 6) is 0.0858. The van der Waals surface area contributed by atoms with Crippen LogP contribution in [0.3, 0.4) is 0 Å². The molecule has 0 fully saturated rings. The second-order valence-electron chi connectivity index (χ2n) is 8.05. The Kier molecular flexibility index (Phi) is 5.13. The third-order valence-corrected chi connectivity index (χ3v) is 5.70. The molecule has 0 N–H and O–H groups in total. The standard InChI is InChI=1S/C24H22F2N6/c1-15-11-17(12-27-23(15)31-13-16(2)28-14-31)8-9-21-29-24-19(6-4-10-32(24)30-21)18-5-3-7-20(25)22(18)26/h3,5,7-9,11-14,19H,4,6,10H2,1-2H3/b9-8+/t19-/m1/s1. The molecule has 1 aliphatic heterocycles. The van der Waals surface area contributed by atoms with Gasteiger partial charge in [0.1, 0.15) is 18.0 Å². The number of halogens is 2. The molecule has 5 rings (SSSR count).